The second kappa shape index (κ2) is 5.98. The van der Waals surface area contributed by atoms with Gasteiger partial charge in [-0.05, 0) is 25.1 Å². The summed E-state index contributed by atoms with van der Waals surface area (Å²) >= 11 is 4.46. The molecule has 8 heteroatoms. The van der Waals surface area contributed by atoms with Crippen LogP contribution in [0.25, 0.3) is 27.2 Å². The molecule has 1 aliphatic heterocycles. The molecule has 0 spiro atoms. The summed E-state index contributed by atoms with van der Waals surface area (Å²) in [4.78, 5) is 5.29. The van der Waals surface area contributed by atoms with Crippen molar-refractivity contribution < 1.29 is 19.0 Å². The molecule has 1 aromatic carbocycles. The van der Waals surface area contributed by atoms with Crippen molar-refractivity contribution in [3.63, 3.8) is 0 Å². The summed E-state index contributed by atoms with van der Waals surface area (Å²) in [6, 6.07) is 8.59. The largest absolute Gasteiger partial charge is 0.507 e. The second-order valence-corrected chi connectivity index (χ2v) is 8.65. The first-order valence-electron chi connectivity index (χ1n) is 8.10. The molecule has 0 saturated heterocycles. The molecule has 1 unspecified atom stereocenters. The topological polar surface area (TPSA) is 65.4 Å². The van der Waals surface area contributed by atoms with Gasteiger partial charge in [0, 0.05) is 34.0 Å². The van der Waals surface area contributed by atoms with E-state index in [1.54, 1.807) is 12.1 Å². The van der Waals surface area contributed by atoms with Gasteiger partial charge in [-0.25, -0.2) is 13.8 Å². The second-order valence-electron chi connectivity index (χ2n) is 6.74. The molecule has 0 fully saturated rings. The fourth-order valence-corrected chi connectivity index (χ4v) is 4.47. The Morgan fingerprint density at radius 1 is 1.26 bits per heavy atom. The molecule has 3 N–H and O–H groups in total. The summed E-state index contributed by atoms with van der Waals surface area (Å²) in [6.07, 6.45) is 1.24. The average molecular weight is 453 g/mol. The van der Waals surface area contributed by atoms with Crippen molar-refractivity contribution in [2.75, 3.05) is 5.32 Å². The minimum absolute atomic E-state index is 0.160. The molecule has 0 radical (unpaired) electrons. The number of rotatable bonds is 2. The van der Waals surface area contributed by atoms with Crippen molar-refractivity contribution in [3.8, 4) is 11.3 Å². The summed E-state index contributed by atoms with van der Waals surface area (Å²) in [5.41, 5.74) is -0.361. The lowest BCUT2D eigenvalue weighted by Gasteiger charge is -2.27. The number of hydrogen-bond donors (Lipinski definition) is 3. The molecule has 0 amide bonds. The summed E-state index contributed by atoms with van der Waals surface area (Å²) in [5, 5.41) is 23.6. The number of aliphatic hydroxyl groups is 2. The van der Waals surface area contributed by atoms with E-state index in [1.165, 1.54) is 19.1 Å². The maximum Gasteiger partial charge on any atom is 0.271 e. The number of nitrogens with zero attached hydrogens (tertiary/aromatic N) is 1. The number of nitrogens with one attached hydrogen (secondary N) is 1. The Hall–Kier alpha value is -2.03. The van der Waals surface area contributed by atoms with Crippen molar-refractivity contribution in [1.82, 2.24) is 4.98 Å². The first kappa shape index (κ1) is 18.3. The Balaban J connectivity index is 2.03. The molecule has 0 saturated carbocycles. The molecule has 0 bridgehead atoms. The highest BCUT2D eigenvalue weighted by Gasteiger charge is 2.35. The van der Waals surface area contributed by atoms with Crippen LogP contribution in [0.3, 0.4) is 0 Å². The fraction of sp³-hybridized carbons (Fsp3) is 0.211. The molecule has 27 heavy (non-hydrogen) atoms. The quantitative estimate of drug-likeness (QED) is 0.454. The molecule has 4 nitrogen and oxygen atoms in total. The number of aliphatic hydroxyl groups excluding tert-OH is 1. The van der Waals surface area contributed by atoms with Crippen LogP contribution in [-0.4, -0.2) is 20.9 Å². The first-order chi connectivity index (χ1) is 12.5. The molecule has 0 aliphatic carbocycles. The summed E-state index contributed by atoms with van der Waals surface area (Å²) < 4.78 is 29.8. The third kappa shape index (κ3) is 3.22. The van der Waals surface area contributed by atoms with E-state index in [2.05, 4.69) is 26.2 Å². The van der Waals surface area contributed by atoms with Crippen LogP contribution in [0.1, 0.15) is 24.3 Å². The molecular weight excluding hydrogens is 438 g/mol. The lowest BCUT2D eigenvalue weighted by atomic mass is 10.00. The molecule has 1 aliphatic rings. The highest BCUT2D eigenvalue weighted by atomic mass is 79.9. The van der Waals surface area contributed by atoms with E-state index in [4.69, 9.17) is 0 Å². The summed E-state index contributed by atoms with van der Waals surface area (Å²) in [7, 11) is 0. The van der Waals surface area contributed by atoms with Gasteiger partial charge in [0.25, 0.3) is 5.92 Å². The zero-order valence-corrected chi connectivity index (χ0v) is 16.8. The van der Waals surface area contributed by atoms with Crippen LogP contribution >= 0.6 is 27.3 Å². The number of aromatic nitrogens is 1. The normalized spacial score (nSPS) is 19.6. The Kier molecular flexibility index (Phi) is 4.06. The zero-order valence-electron chi connectivity index (χ0n) is 14.3. The number of thiophene rings is 1. The maximum atomic E-state index is 14.5. The van der Waals surface area contributed by atoms with Crippen LogP contribution in [0.15, 0.2) is 40.9 Å². The van der Waals surface area contributed by atoms with Gasteiger partial charge in [-0.1, -0.05) is 28.1 Å². The van der Waals surface area contributed by atoms with Crippen molar-refractivity contribution in [1.29, 1.82) is 0 Å². The third-order valence-electron chi connectivity index (χ3n) is 4.30. The van der Waals surface area contributed by atoms with Crippen LogP contribution in [0.2, 0.25) is 0 Å². The van der Waals surface area contributed by atoms with Crippen LogP contribution < -0.4 is 5.32 Å². The van der Waals surface area contributed by atoms with Gasteiger partial charge in [0.2, 0.25) is 0 Å². The Morgan fingerprint density at radius 3 is 2.56 bits per heavy atom. The van der Waals surface area contributed by atoms with E-state index < -0.39 is 11.6 Å². The number of benzene rings is 1. The highest BCUT2D eigenvalue weighted by molar-refractivity contribution is 9.10. The summed E-state index contributed by atoms with van der Waals surface area (Å²) in [6.45, 7) is 2.26. The van der Waals surface area contributed by atoms with E-state index in [0.717, 1.165) is 22.7 Å². The number of fused-ring (bicyclic) bond motifs is 3. The van der Waals surface area contributed by atoms with E-state index in [-0.39, 0.29) is 22.4 Å². The van der Waals surface area contributed by atoms with Gasteiger partial charge in [-0.3, -0.25) is 0 Å². The van der Waals surface area contributed by atoms with Crippen molar-refractivity contribution in [2.45, 2.75) is 25.5 Å². The monoisotopic (exact) mass is 452 g/mol. The predicted molar refractivity (Wildman–Crippen MR) is 107 cm³/mol. The van der Waals surface area contributed by atoms with Gasteiger partial charge in [-0.15, -0.1) is 11.3 Å². The summed E-state index contributed by atoms with van der Waals surface area (Å²) in [5.74, 6) is -3.29. The molecule has 4 rings (SSSR count). The van der Waals surface area contributed by atoms with Crippen molar-refractivity contribution >= 4 is 48.9 Å². The van der Waals surface area contributed by atoms with Crippen LogP contribution in [0.5, 0.6) is 0 Å². The number of hydrogen-bond acceptors (Lipinski definition) is 5. The van der Waals surface area contributed by atoms with Crippen LogP contribution in [-0.2, 0) is 5.92 Å². The predicted octanol–water partition coefficient (Wildman–Crippen LogP) is 5.87. The smallest absolute Gasteiger partial charge is 0.271 e. The van der Waals surface area contributed by atoms with Gasteiger partial charge in [0.05, 0.1) is 16.3 Å². The third-order valence-corrected chi connectivity index (χ3v) is 5.94. The first-order valence-corrected chi connectivity index (χ1v) is 9.71. The molecule has 3 heterocycles. The number of anilines is 1. The lowest BCUT2D eigenvalue weighted by molar-refractivity contribution is 0.0191. The van der Waals surface area contributed by atoms with Gasteiger partial charge in [-0.2, -0.15) is 0 Å². The van der Waals surface area contributed by atoms with E-state index in [9.17, 15) is 19.0 Å². The highest BCUT2D eigenvalue weighted by Crippen LogP contribution is 2.48. The van der Waals surface area contributed by atoms with Gasteiger partial charge < -0.3 is 15.5 Å². The average Bonchev–Trinajstić information content (AvgIpc) is 2.91. The molecule has 2 aromatic heterocycles. The zero-order chi connectivity index (χ0) is 19.6. The Bertz CT molecular complexity index is 1090. The lowest BCUT2D eigenvalue weighted by Crippen LogP contribution is -2.34. The van der Waals surface area contributed by atoms with Crippen LogP contribution in [0, 0.1) is 0 Å². The van der Waals surface area contributed by atoms with E-state index in [0.29, 0.717) is 21.0 Å². The van der Waals surface area contributed by atoms with Crippen LogP contribution in [0.4, 0.5) is 14.5 Å². The number of pyridine rings is 1. The SMILES string of the molecule is CC1(O)C=C(O)c2sc3nc(-c4ccc(Br)cc4)cc(C(C)(F)F)c3c2N1. The van der Waals surface area contributed by atoms with Gasteiger partial charge >= 0.3 is 0 Å². The van der Waals surface area contributed by atoms with Crippen molar-refractivity contribution in [3.05, 3.63) is 51.3 Å². The van der Waals surface area contributed by atoms with E-state index >= 15 is 0 Å². The fourth-order valence-electron chi connectivity index (χ4n) is 3.13. The van der Waals surface area contributed by atoms with Gasteiger partial charge in [0.15, 0.2) is 5.72 Å². The molecular formula is C19H15BrF2N2O2S. The minimum atomic E-state index is -3.13. The molecule has 140 valence electrons. The van der Waals surface area contributed by atoms with Crippen molar-refractivity contribution in [2.24, 2.45) is 0 Å². The number of alkyl halides is 2. The Morgan fingerprint density at radius 2 is 1.93 bits per heavy atom. The maximum absolute atomic E-state index is 14.5. The van der Waals surface area contributed by atoms with Gasteiger partial charge in [0.1, 0.15) is 10.6 Å². The molecule has 1 atom stereocenters. The minimum Gasteiger partial charge on any atom is -0.507 e. The van der Waals surface area contributed by atoms with E-state index in [1.807, 2.05) is 12.1 Å². The standard InChI is InChI=1S/C19H15BrF2N2O2S/c1-18(26)8-13(25)16-15(24-18)14-11(19(2,21)22)7-12(23-17(14)27-16)9-3-5-10(20)6-4-9/h3-8,24-26H,1-2H3. The molecule has 3 aromatic rings. The Labute approximate surface area is 166 Å². The number of halogens is 3.